The summed E-state index contributed by atoms with van der Waals surface area (Å²) in [6, 6.07) is 22.7. The number of rotatable bonds is 4. The second-order valence-electron chi connectivity index (χ2n) is 15.7. The van der Waals surface area contributed by atoms with Gasteiger partial charge >= 0.3 is 8.88 Å². The number of amidine groups is 4. The molecule has 0 spiro atoms. The molecule has 6 bridgehead atoms. The zero-order valence-electron chi connectivity index (χ0n) is 30.3. The molecule has 0 amide bonds. The normalized spacial score (nSPS) is 16.5. The maximum Gasteiger partial charge on any atom is 0.582 e. The molecule has 0 N–H and O–H groups in total. The Bertz CT molecular complexity index is 3010. The first kappa shape index (κ1) is 35.4. The van der Waals surface area contributed by atoms with Crippen LogP contribution in [0.25, 0.3) is 21.5 Å². The molecule has 0 saturated carbocycles. The molecule has 10 rings (SSSR count). The van der Waals surface area contributed by atoms with E-state index in [1.54, 1.807) is 0 Å². The third kappa shape index (κ3) is 5.55. The van der Waals surface area contributed by atoms with Crippen molar-refractivity contribution in [3.8, 4) is 0 Å². The van der Waals surface area contributed by atoms with Gasteiger partial charge in [-0.05, 0) is 112 Å². The molecule has 0 atom stereocenters. The van der Waals surface area contributed by atoms with Gasteiger partial charge in [0, 0.05) is 63.9 Å². The van der Waals surface area contributed by atoms with Crippen LogP contribution in [0.4, 0.5) is 11.6 Å². The van der Waals surface area contributed by atoms with Crippen LogP contribution in [0, 0.1) is 0 Å². The van der Waals surface area contributed by atoms with Gasteiger partial charge in [-0.3, -0.25) is 8.47 Å². The standard InChI is InChI=1S/C38H30Cl4N8O2Si3/c1-53(2,3)51-55(52-54(4,5)6)49-36-25-13-9-21(41)17-29(25)37(49)45-31-23-11-7-19(39)15-27(23)33(43-31)47-35-26-14-10-22(42)18-30(26)38(50(35)55)46-32-24-12-8-20(40)16-28(24)34(44-32)48-36/h7-18H,1-6H3. The van der Waals surface area contributed by atoms with E-state index in [9.17, 15) is 0 Å². The molecule has 0 aliphatic carbocycles. The van der Waals surface area contributed by atoms with Crippen LogP contribution in [0.1, 0.15) is 22.3 Å². The van der Waals surface area contributed by atoms with Gasteiger partial charge in [0.15, 0.2) is 40.0 Å². The third-order valence-corrected chi connectivity index (χ3v) is 19.4. The Morgan fingerprint density at radius 3 is 1.42 bits per heavy atom. The van der Waals surface area contributed by atoms with Crippen LogP contribution in [0.5, 0.6) is 0 Å². The van der Waals surface area contributed by atoms with E-state index < -0.39 is 25.5 Å². The predicted octanol–water partition coefficient (Wildman–Crippen LogP) is 9.69. The highest BCUT2D eigenvalue weighted by molar-refractivity contribution is 6.87. The molecule has 55 heavy (non-hydrogen) atoms. The predicted molar refractivity (Wildman–Crippen MR) is 230 cm³/mol. The topological polar surface area (TPSA) is 102 Å². The summed E-state index contributed by atoms with van der Waals surface area (Å²) in [4.78, 5) is 31.9. The summed E-state index contributed by atoms with van der Waals surface area (Å²) in [7, 11) is -9.42. The van der Waals surface area contributed by atoms with Gasteiger partial charge in [0.2, 0.25) is 0 Å². The Morgan fingerprint density at radius 1 is 0.436 bits per heavy atom. The number of halogens is 4. The zero-order chi connectivity index (χ0) is 38.3. The fourth-order valence-electron chi connectivity index (χ4n) is 7.53. The van der Waals surface area contributed by atoms with Crippen LogP contribution in [0.3, 0.4) is 0 Å². The van der Waals surface area contributed by atoms with Gasteiger partial charge < -0.3 is 8.23 Å². The van der Waals surface area contributed by atoms with Crippen LogP contribution >= 0.6 is 46.4 Å². The molecular weight excluding hydrogens is 827 g/mol. The lowest BCUT2D eigenvalue weighted by molar-refractivity contribution is 0.340. The smallest absolute Gasteiger partial charge is 0.404 e. The SMILES string of the molecule is C[Si](C)(C)O[Si]1(O[Si](C)(C)C)n2c3c4cc(Cl)ccc4c2N=C2N=C(N=c4c5cc(Cl)ccc5c(n41)=NC1=NC(=N3)c3ccc(Cl)cc31)c1ccc(Cl)cc12. The van der Waals surface area contributed by atoms with Crippen molar-refractivity contribution in [1.29, 1.82) is 0 Å². The molecule has 2 aromatic heterocycles. The number of nitrogens with zero attached hydrogens (tertiary/aromatic N) is 8. The first-order valence-electron chi connectivity index (χ1n) is 17.5. The van der Waals surface area contributed by atoms with Crippen molar-refractivity contribution in [2.75, 3.05) is 0 Å². The van der Waals surface area contributed by atoms with Crippen molar-refractivity contribution < 1.29 is 8.23 Å². The number of benzene rings is 4. The third-order valence-electron chi connectivity index (χ3n) is 9.42. The van der Waals surface area contributed by atoms with Crippen molar-refractivity contribution in [2.24, 2.45) is 30.0 Å². The largest absolute Gasteiger partial charge is 0.582 e. The van der Waals surface area contributed by atoms with E-state index >= 15 is 0 Å². The molecular formula is C38H30Cl4N8O2Si3. The lowest BCUT2D eigenvalue weighted by Crippen LogP contribution is -2.69. The first-order chi connectivity index (χ1) is 26.1. The molecule has 4 aromatic carbocycles. The first-order valence-corrected chi connectivity index (χ1v) is 27.6. The number of fused-ring (bicyclic) bond motifs is 14. The van der Waals surface area contributed by atoms with E-state index in [0.29, 0.717) is 66.0 Å². The summed E-state index contributed by atoms with van der Waals surface area (Å²) in [6.45, 7) is 12.9. The van der Waals surface area contributed by atoms with Crippen molar-refractivity contribution >= 4 is 128 Å². The van der Waals surface area contributed by atoms with E-state index in [4.69, 9.17) is 84.6 Å². The van der Waals surface area contributed by atoms with Gasteiger partial charge in [0.05, 0.1) is 0 Å². The van der Waals surface area contributed by atoms with Crippen LogP contribution in [0.15, 0.2) is 103 Å². The second kappa shape index (κ2) is 12.0. The molecule has 0 unspecified atom stereocenters. The molecule has 10 nitrogen and oxygen atoms in total. The molecule has 4 aliphatic rings. The van der Waals surface area contributed by atoms with E-state index in [1.807, 2.05) is 72.8 Å². The summed E-state index contributed by atoms with van der Waals surface area (Å²) in [5, 5.41) is 5.16. The van der Waals surface area contributed by atoms with Crippen LogP contribution in [-0.2, 0) is 8.23 Å². The van der Waals surface area contributed by atoms with Crippen LogP contribution in [-0.4, -0.2) is 57.3 Å². The van der Waals surface area contributed by atoms with Gasteiger partial charge in [-0.25, -0.2) is 30.0 Å². The van der Waals surface area contributed by atoms with Crippen molar-refractivity contribution in [3.63, 3.8) is 0 Å². The van der Waals surface area contributed by atoms with Crippen LogP contribution in [0.2, 0.25) is 59.4 Å². The summed E-state index contributed by atoms with van der Waals surface area (Å²) in [6.07, 6.45) is 0. The van der Waals surface area contributed by atoms with Crippen molar-refractivity contribution in [3.05, 3.63) is 126 Å². The van der Waals surface area contributed by atoms with Gasteiger partial charge in [0.1, 0.15) is 22.6 Å². The molecule has 6 aromatic rings. The quantitative estimate of drug-likeness (QED) is 0.165. The monoisotopic (exact) mass is 854 g/mol. The van der Waals surface area contributed by atoms with E-state index in [-0.39, 0.29) is 0 Å². The van der Waals surface area contributed by atoms with Gasteiger partial charge in [-0.2, -0.15) is 0 Å². The average molecular weight is 857 g/mol. The summed E-state index contributed by atoms with van der Waals surface area (Å²) in [5.41, 5.74) is 4.09. The minimum Gasteiger partial charge on any atom is -0.404 e. The molecule has 0 radical (unpaired) electrons. The highest BCUT2D eigenvalue weighted by atomic mass is 35.5. The molecule has 274 valence electrons. The highest BCUT2D eigenvalue weighted by Crippen LogP contribution is 2.45. The lowest BCUT2D eigenvalue weighted by atomic mass is 10.1. The summed E-state index contributed by atoms with van der Waals surface area (Å²) in [5.74, 6) is 2.85. The summed E-state index contributed by atoms with van der Waals surface area (Å²) >= 11 is 27.0. The fraction of sp³-hybridized carbons (Fsp3) is 0.158. The molecule has 0 saturated heterocycles. The number of aliphatic imine (C=N–C) groups is 4. The summed E-state index contributed by atoms with van der Waals surface area (Å²) < 4.78 is 19.6. The van der Waals surface area contributed by atoms with Gasteiger partial charge in [-0.1, -0.05) is 46.4 Å². The Kier molecular flexibility index (Phi) is 7.72. The van der Waals surface area contributed by atoms with Gasteiger partial charge in [-0.15, -0.1) is 0 Å². The van der Waals surface area contributed by atoms with Crippen molar-refractivity contribution in [1.82, 2.24) is 8.47 Å². The molecule has 17 heteroatoms. The molecule has 0 fully saturated rings. The Labute approximate surface area is 338 Å². The lowest BCUT2D eigenvalue weighted by Gasteiger charge is -2.41. The Hall–Kier alpha value is -4.03. The maximum atomic E-state index is 7.74. The number of aromatic nitrogens is 2. The number of hydrogen-bond acceptors (Lipinski definition) is 8. The van der Waals surface area contributed by atoms with E-state index in [2.05, 4.69) is 47.7 Å². The maximum absolute atomic E-state index is 7.74. The Balaban J connectivity index is 1.56. The average Bonchev–Trinajstić information content (AvgIpc) is 3.78. The van der Waals surface area contributed by atoms with E-state index in [1.165, 1.54) is 0 Å². The minimum atomic E-state index is -4.23. The zero-order valence-corrected chi connectivity index (χ0v) is 36.4. The minimum absolute atomic E-state index is 0.440. The number of hydrogen-bond donors (Lipinski definition) is 0. The van der Waals surface area contributed by atoms with Crippen LogP contribution < -0.4 is 11.0 Å². The fourth-order valence-corrected chi connectivity index (χ4v) is 18.6. The van der Waals surface area contributed by atoms with Crippen molar-refractivity contribution in [2.45, 2.75) is 39.3 Å². The highest BCUT2D eigenvalue weighted by Gasteiger charge is 2.56. The molecule has 6 heterocycles. The van der Waals surface area contributed by atoms with E-state index in [0.717, 1.165) is 43.8 Å². The molecule has 4 aliphatic heterocycles. The van der Waals surface area contributed by atoms with Gasteiger partial charge in [0.25, 0.3) is 0 Å². The second-order valence-corrected chi connectivity index (χ2v) is 29.5. The Morgan fingerprint density at radius 2 is 0.855 bits per heavy atom.